The molecule has 26 heavy (non-hydrogen) atoms. The fraction of sp³-hybridized carbons (Fsp3) is 0.100. The first kappa shape index (κ1) is 17.5. The first-order valence-electron chi connectivity index (χ1n) is 8.05. The summed E-state index contributed by atoms with van der Waals surface area (Å²) in [5.41, 5.74) is 4.13. The number of amides is 1. The zero-order valence-corrected chi connectivity index (χ0v) is 17.4. The third-order valence-corrected chi connectivity index (χ3v) is 6.43. The molecule has 0 radical (unpaired) electrons. The average molecular weight is 443 g/mol. The van der Waals surface area contributed by atoms with E-state index in [9.17, 15) is 4.79 Å². The van der Waals surface area contributed by atoms with Crippen LogP contribution in [0.15, 0.2) is 57.9 Å². The van der Waals surface area contributed by atoms with E-state index in [-0.39, 0.29) is 5.91 Å². The Balaban J connectivity index is 1.78. The van der Waals surface area contributed by atoms with Gasteiger partial charge in [0.1, 0.15) is 0 Å². The minimum atomic E-state index is -0.0744. The zero-order valence-electron chi connectivity index (χ0n) is 14.2. The third-order valence-electron chi connectivity index (χ3n) is 4.60. The molecule has 1 aliphatic heterocycles. The number of aryl methyl sites for hydroxylation is 1. The molecule has 0 saturated carbocycles. The summed E-state index contributed by atoms with van der Waals surface area (Å²) in [6.07, 6.45) is 1.97. The SMILES string of the molecule is Cc1c(/C=C2\SC(=S)N(c3ccc(Br)cc3)C2=O)c2ccccc2n1C. The number of carbonyl (C=O) groups excluding carboxylic acids is 1. The van der Waals surface area contributed by atoms with Gasteiger partial charge in [-0.25, -0.2) is 0 Å². The summed E-state index contributed by atoms with van der Waals surface area (Å²) in [4.78, 5) is 15.2. The van der Waals surface area contributed by atoms with Gasteiger partial charge in [-0.05, 0) is 43.3 Å². The number of halogens is 1. The lowest BCUT2D eigenvalue weighted by molar-refractivity contribution is -0.113. The highest BCUT2D eigenvalue weighted by Gasteiger charge is 2.33. The molecular formula is C20H15BrN2OS2. The van der Waals surface area contributed by atoms with Crippen molar-refractivity contribution in [1.29, 1.82) is 0 Å². The lowest BCUT2D eigenvalue weighted by Crippen LogP contribution is -2.27. The van der Waals surface area contributed by atoms with Crippen LogP contribution in [-0.4, -0.2) is 14.8 Å². The summed E-state index contributed by atoms with van der Waals surface area (Å²) in [6.45, 7) is 2.07. The molecular weight excluding hydrogens is 428 g/mol. The molecule has 1 aliphatic rings. The van der Waals surface area contributed by atoms with Crippen LogP contribution in [0.5, 0.6) is 0 Å². The van der Waals surface area contributed by atoms with E-state index in [1.165, 1.54) is 11.8 Å². The molecule has 1 amide bonds. The van der Waals surface area contributed by atoms with E-state index in [1.54, 1.807) is 4.90 Å². The van der Waals surface area contributed by atoms with Crippen molar-refractivity contribution in [2.45, 2.75) is 6.92 Å². The summed E-state index contributed by atoms with van der Waals surface area (Å²) in [5.74, 6) is -0.0744. The minimum Gasteiger partial charge on any atom is -0.347 e. The highest BCUT2D eigenvalue weighted by Crippen LogP contribution is 2.38. The van der Waals surface area contributed by atoms with Gasteiger partial charge in [0.05, 0.1) is 10.6 Å². The molecule has 0 unspecified atom stereocenters. The van der Waals surface area contributed by atoms with Gasteiger partial charge in [-0.3, -0.25) is 9.69 Å². The monoisotopic (exact) mass is 442 g/mol. The van der Waals surface area contributed by atoms with Crippen LogP contribution in [-0.2, 0) is 11.8 Å². The van der Waals surface area contributed by atoms with Crippen molar-refractivity contribution < 1.29 is 4.79 Å². The number of hydrogen-bond acceptors (Lipinski definition) is 3. The van der Waals surface area contributed by atoms with Crippen LogP contribution in [0.2, 0.25) is 0 Å². The Hall–Kier alpha value is -1.89. The fourth-order valence-corrected chi connectivity index (χ4v) is 4.69. The molecule has 1 saturated heterocycles. The number of thioether (sulfide) groups is 1. The maximum absolute atomic E-state index is 13.0. The largest absolute Gasteiger partial charge is 0.347 e. The number of benzene rings is 2. The number of aromatic nitrogens is 1. The summed E-state index contributed by atoms with van der Waals surface area (Å²) < 4.78 is 3.67. The number of anilines is 1. The van der Waals surface area contributed by atoms with Crippen molar-refractivity contribution in [2.24, 2.45) is 7.05 Å². The normalized spacial score (nSPS) is 16.3. The minimum absolute atomic E-state index is 0.0744. The lowest BCUT2D eigenvalue weighted by atomic mass is 10.1. The van der Waals surface area contributed by atoms with Gasteiger partial charge in [0, 0.05) is 33.7 Å². The highest BCUT2D eigenvalue weighted by atomic mass is 79.9. The number of para-hydroxylation sites is 1. The van der Waals surface area contributed by atoms with Crippen molar-refractivity contribution in [1.82, 2.24) is 4.57 Å². The van der Waals surface area contributed by atoms with Gasteiger partial charge < -0.3 is 4.57 Å². The van der Waals surface area contributed by atoms with Crippen LogP contribution in [0.25, 0.3) is 17.0 Å². The molecule has 1 fully saturated rings. The Morgan fingerprint density at radius 3 is 2.54 bits per heavy atom. The molecule has 0 aliphatic carbocycles. The van der Waals surface area contributed by atoms with E-state index in [4.69, 9.17) is 12.2 Å². The van der Waals surface area contributed by atoms with Crippen LogP contribution < -0.4 is 4.90 Å². The van der Waals surface area contributed by atoms with Crippen LogP contribution in [0.1, 0.15) is 11.3 Å². The van der Waals surface area contributed by atoms with Gasteiger partial charge in [-0.2, -0.15) is 0 Å². The quantitative estimate of drug-likeness (QED) is 0.378. The molecule has 4 rings (SSSR count). The number of thiocarbonyl (C=S) groups is 1. The van der Waals surface area contributed by atoms with Gasteiger partial charge in [0.2, 0.25) is 0 Å². The van der Waals surface area contributed by atoms with Crippen molar-refractivity contribution >= 4 is 72.8 Å². The molecule has 0 N–H and O–H groups in total. The van der Waals surface area contributed by atoms with Crippen LogP contribution in [0.3, 0.4) is 0 Å². The topological polar surface area (TPSA) is 25.2 Å². The maximum Gasteiger partial charge on any atom is 0.270 e. The summed E-state index contributed by atoms with van der Waals surface area (Å²) in [5, 5.41) is 1.14. The number of carbonyl (C=O) groups is 1. The molecule has 0 atom stereocenters. The third kappa shape index (κ3) is 2.82. The molecule has 2 heterocycles. The van der Waals surface area contributed by atoms with Gasteiger partial charge in [-0.1, -0.05) is 58.1 Å². The van der Waals surface area contributed by atoms with Crippen molar-refractivity contribution in [2.75, 3.05) is 4.90 Å². The Labute approximate surface area is 169 Å². The summed E-state index contributed by atoms with van der Waals surface area (Å²) >= 11 is 10.2. The Kier molecular flexibility index (Phi) is 4.50. The second kappa shape index (κ2) is 6.68. The van der Waals surface area contributed by atoms with E-state index in [1.807, 2.05) is 49.5 Å². The Morgan fingerprint density at radius 2 is 1.81 bits per heavy atom. The highest BCUT2D eigenvalue weighted by molar-refractivity contribution is 9.10. The van der Waals surface area contributed by atoms with E-state index >= 15 is 0 Å². The molecule has 2 aromatic carbocycles. The number of rotatable bonds is 2. The number of hydrogen-bond donors (Lipinski definition) is 0. The van der Waals surface area contributed by atoms with Crippen LogP contribution >= 0.6 is 39.9 Å². The van der Waals surface area contributed by atoms with Crippen LogP contribution in [0, 0.1) is 6.92 Å². The second-order valence-electron chi connectivity index (χ2n) is 6.07. The number of nitrogens with zero attached hydrogens (tertiary/aromatic N) is 2. The van der Waals surface area contributed by atoms with Gasteiger partial charge in [-0.15, -0.1) is 0 Å². The van der Waals surface area contributed by atoms with Gasteiger partial charge >= 0.3 is 0 Å². The number of fused-ring (bicyclic) bond motifs is 1. The zero-order chi connectivity index (χ0) is 18.4. The van der Waals surface area contributed by atoms with Gasteiger partial charge in [0.25, 0.3) is 5.91 Å². The van der Waals surface area contributed by atoms with Crippen molar-refractivity contribution in [3.8, 4) is 0 Å². The van der Waals surface area contributed by atoms with E-state index in [0.29, 0.717) is 9.23 Å². The predicted molar refractivity (Wildman–Crippen MR) is 117 cm³/mol. The summed E-state index contributed by atoms with van der Waals surface area (Å²) in [7, 11) is 2.04. The standard InChI is InChI=1S/C20H15BrN2OS2/c1-12-16(15-5-3-4-6-17(15)22(12)2)11-18-19(24)23(20(25)26-18)14-9-7-13(21)8-10-14/h3-11H,1-2H3/b18-11-. The molecule has 3 nitrogen and oxygen atoms in total. The van der Waals surface area contributed by atoms with Gasteiger partial charge in [0.15, 0.2) is 4.32 Å². The molecule has 0 bridgehead atoms. The molecule has 0 spiro atoms. The summed E-state index contributed by atoms with van der Waals surface area (Å²) in [6, 6.07) is 15.8. The molecule has 130 valence electrons. The molecule has 1 aromatic heterocycles. The second-order valence-corrected chi connectivity index (χ2v) is 8.66. The first-order valence-corrected chi connectivity index (χ1v) is 10.1. The van der Waals surface area contributed by atoms with E-state index in [2.05, 4.69) is 39.6 Å². The average Bonchev–Trinajstić information content (AvgIpc) is 3.05. The van der Waals surface area contributed by atoms with E-state index < -0.39 is 0 Å². The Bertz CT molecular complexity index is 1080. The van der Waals surface area contributed by atoms with Crippen molar-refractivity contribution in [3.05, 3.63) is 69.2 Å². The maximum atomic E-state index is 13.0. The van der Waals surface area contributed by atoms with E-state index in [0.717, 1.165) is 32.3 Å². The first-order chi connectivity index (χ1) is 12.5. The van der Waals surface area contributed by atoms with Crippen LogP contribution in [0.4, 0.5) is 5.69 Å². The Morgan fingerprint density at radius 1 is 1.12 bits per heavy atom. The fourth-order valence-electron chi connectivity index (χ4n) is 3.14. The molecule has 3 aromatic rings. The smallest absolute Gasteiger partial charge is 0.270 e. The predicted octanol–water partition coefficient (Wildman–Crippen LogP) is 5.66. The molecule has 6 heteroatoms. The lowest BCUT2D eigenvalue weighted by Gasteiger charge is -2.14. The van der Waals surface area contributed by atoms with Crippen molar-refractivity contribution in [3.63, 3.8) is 0 Å².